The number of fused-ring (bicyclic) bond motifs is 1. The molecule has 3 aromatic heterocycles. The number of imidazole rings is 1. The van der Waals surface area contributed by atoms with Crippen LogP contribution in [0.2, 0.25) is 10.0 Å². The van der Waals surface area contributed by atoms with Crippen molar-refractivity contribution in [3.05, 3.63) is 52.0 Å². The normalized spacial score (nSPS) is 11.2. The highest BCUT2D eigenvalue weighted by atomic mass is 35.5. The molecule has 1 N–H and O–H groups in total. The van der Waals surface area contributed by atoms with Crippen molar-refractivity contribution in [3.8, 4) is 28.7 Å². The Labute approximate surface area is 178 Å². The minimum absolute atomic E-state index is 0.0180. The van der Waals surface area contributed by atoms with Crippen molar-refractivity contribution < 1.29 is 23.6 Å². The molecule has 3 heterocycles. The van der Waals surface area contributed by atoms with Gasteiger partial charge in [-0.3, -0.25) is 4.79 Å². The number of hydrogen-bond donors (Lipinski definition) is 1. The van der Waals surface area contributed by atoms with Crippen molar-refractivity contribution in [2.24, 2.45) is 0 Å². The highest BCUT2D eigenvalue weighted by molar-refractivity contribution is 6.33. The van der Waals surface area contributed by atoms with Gasteiger partial charge >= 0.3 is 5.97 Å². The van der Waals surface area contributed by atoms with Crippen molar-refractivity contribution >= 4 is 34.8 Å². The Morgan fingerprint density at radius 3 is 2.77 bits per heavy atom. The van der Waals surface area contributed by atoms with Gasteiger partial charge in [0.25, 0.3) is 5.89 Å². The highest BCUT2D eigenvalue weighted by Crippen LogP contribution is 2.31. The topological polar surface area (TPSA) is 103 Å². The van der Waals surface area contributed by atoms with E-state index in [4.69, 9.17) is 37.6 Å². The van der Waals surface area contributed by atoms with E-state index in [1.165, 1.54) is 13.2 Å². The van der Waals surface area contributed by atoms with Crippen LogP contribution in [0.15, 0.2) is 35.1 Å². The summed E-state index contributed by atoms with van der Waals surface area (Å²) in [4.78, 5) is 19.3. The van der Waals surface area contributed by atoms with Crippen LogP contribution < -0.4 is 4.74 Å². The molecule has 30 heavy (non-hydrogen) atoms. The predicted molar refractivity (Wildman–Crippen MR) is 106 cm³/mol. The van der Waals surface area contributed by atoms with Crippen molar-refractivity contribution in [3.63, 3.8) is 0 Å². The van der Waals surface area contributed by atoms with Crippen molar-refractivity contribution in [2.75, 3.05) is 7.11 Å². The zero-order valence-corrected chi connectivity index (χ0v) is 16.9. The standard InChI is InChI=1S/C19H13Cl2FN4O4/c1-29-10-5-13(21)18-23-15(8-26(18)7-10)19-24-17(25-30-19)11-6-14(22)9(4-12(11)20)2-3-16(27)28/h4-8H,2-3H2,1H3,(H,27,28). The molecule has 0 saturated carbocycles. The van der Waals surface area contributed by atoms with Gasteiger partial charge in [-0.05, 0) is 24.1 Å². The lowest BCUT2D eigenvalue weighted by molar-refractivity contribution is -0.136. The maximum absolute atomic E-state index is 14.4. The largest absolute Gasteiger partial charge is 0.495 e. The van der Waals surface area contributed by atoms with Crippen molar-refractivity contribution in [1.82, 2.24) is 19.5 Å². The number of aliphatic carboxylic acids is 1. The molecule has 0 bridgehead atoms. The number of methoxy groups -OCH3 is 1. The number of carboxylic acids is 1. The molecule has 4 aromatic rings. The number of pyridine rings is 1. The zero-order valence-electron chi connectivity index (χ0n) is 15.4. The van der Waals surface area contributed by atoms with Gasteiger partial charge in [-0.1, -0.05) is 28.4 Å². The second-order valence-electron chi connectivity index (χ2n) is 6.33. The number of rotatable bonds is 6. The van der Waals surface area contributed by atoms with Crippen LogP contribution in [0.4, 0.5) is 4.39 Å². The summed E-state index contributed by atoms with van der Waals surface area (Å²) in [5.74, 6) is -0.918. The van der Waals surface area contributed by atoms with Crippen LogP contribution in [0.5, 0.6) is 5.75 Å². The predicted octanol–water partition coefficient (Wildman–Crippen LogP) is 4.52. The number of nitrogens with zero attached hydrogens (tertiary/aromatic N) is 4. The average Bonchev–Trinajstić information content (AvgIpc) is 3.35. The van der Waals surface area contributed by atoms with E-state index >= 15 is 0 Å². The molecule has 11 heteroatoms. The summed E-state index contributed by atoms with van der Waals surface area (Å²) in [5.41, 5.74) is 1.24. The van der Waals surface area contributed by atoms with Crippen molar-refractivity contribution in [1.29, 1.82) is 0 Å². The summed E-state index contributed by atoms with van der Waals surface area (Å²) in [6, 6.07) is 4.14. The Morgan fingerprint density at radius 1 is 1.23 bits per heavy atom. The fourth-order valence-electron chi connectivity index (χ4n) is 2.88. The number of benzene rings is 1. The van der Waals surface area contributed by atoms with Crippen LogP contribution in [-0.4, -0.2) is 37.7 Å². The van der Waals surface area contributed by atoms with Gasteiger partial charge in [0.15, 0.2) is 5.65 Å². The third-order valence-electron chi connectivity index (χ3n) is 4.35. The molecule has 0 aliphatic heterocycles. The first-order valence-electron chi connectivity index (χ1n) is 8.62. The highest BCUT2D eigenvalue weighted by Gasteiger charge is 2.19. The summed E-state index contributed by atoms with van der Waals surface area (Å²) in [7, 11) is 1.52. The van der Waals surface area contributed by atoms with Gasteiger partial charge in [0.05, 0.1) is 23.4 Å². The van der Waals surface area contributed by atoms with Gasteiger partial charge in [0.2, 0.25) is 5.82 Å². The smallest absolute Gasteiger partial charge is 0.303 e. The Balaban J connectivity index is 1.68. The number of aromatic nitrogens is 4. The Bertz CT molecular complexity index is 1270. The summed E-state index contributed by atoms with van der Waals surface area (Å²) < 4.78 is 26.5. The molecular weight excluding hydrogens is 438 g/mol. The van der Waals surface area contributed by atoms with Gasteiger partial charge in [-0.25, -0.2) is 9.37 Å². The minimum atomic E-state index is -1.03. The molecule has 0 saturated heterocycles. The van der Waals surface area contributed by atoms with Crippen LogP contribution >= 0.6 is 23.2 Å². The van der Waals surface area contributed by atoms with Gasteiger partial charge in [0.1, 0.15) is 17.3 Å². The van der Waals surface area contributed by atoms with Gasteiger partial charge in [-0.2, -0.15) is 4.98 Å². The molecule has 0 spiro atoms. The van der Waals surface area contributed by atoms with Crippen LogP contribution in [0.1, 0.15) is 12.0 Å². The quantitative estimate of drug-likeness (QED) is 0.460. The maximum atomic E-state index is 14.4. The monoisotopic (exact) mass is 450 g/mol. The van der Waals surface area contributed by atoms with Crippen LogP contribution in [0, 0.1) is 5.82 Å². The molecule has 4 rings (SSSR count). The minimum Gasteiger partial charge on any atom is -0.495 e. The Morgan fingerprint density at radius 2 is 2.03 bits per heavy atom. The lowest BCUT2D eigenvalue weighted by atomic mass is 10.1. The SMILES string of the molecule is COc1cc(Cl)c2nc(-c3nc(-c4cc(F)c(CCC(=O)O)cc4Cl)no3)cn2c1. The van der Waals surface area contributed by atoms with Crippen LogP contribution in [-0.2, 0) is 11.2 Å². The molecule has 0 radical (unpaired) electrons. The summed E-state index contributed by atoms with van der Waals surface area (Å²) in [6.45, 7) is 0. The molecule has 0 aliphatic carbocycles. The maximum Gasteiger partial charge on any atom is 0.303 e. The Hall–Kier alpha value is -3.17. The Kier molecular flexibility index (Phi) is 5.31. The molecule has 0 amide bonds. The van der Waals surface area contributed by atoms with E-state index in [0.29, 0.717) is 22.1 Å². The van der Waals surface area contributed by atoms with Crippen LogP contribution in [0.25, 0.3) is 28.6 Å². The summed E-state index contributed by atoms with van der Waals surface area (Å²) in [6.07, 6.45) is 3.14. The summed E-state index contributed by atoms with van der Waals surface area (Å²) in [5, 5.41) is 13.2. The average molecular weight is 451 g/mol. The fourth-order valence-corrected chi connectivity index (χ4v) is 3.39. The second-order valence-corrected chi connectivity index (χ2v) is 7.14. The molecule has 0 atom stereocenters. The number of ether oxygens (including phenoxy) is 1. The first-order chi connectivity index (χ1) is 14.4. The molecule has 1 aromatic carbocycles. The van der Waals surface area contributed by atoms with E-state index in [0.717, 1.165) is 6.07 Å². The number of aryl methyl sites for hydroxylation is 1. The van der Waals surface area contributed by atoms with Gasteiger partial charge in [-0.15, -0.1) is 0 Å². The molecular formula is C19H13Cl2FN4O4. The number of hydrogen-bond acceptors (Lipinski definition) is 6. The van der Waals surface area contributed by atoms with E-state index in [1.807, 2.05) is 0 Å². The van der Waals surface area contributed by atoms with Gasteiger partial charge < -0.3 is 18.8 Å². The van der Waals surface area contributed by atoms with Crippen LogP contribution in [0.3, 0.4) is 0 Å². The van der Waals surface area contributed by atoms with E-state index in [2.05, 4.69) is 15.1 Å². The summed E-state index contributed by atoms with van der Waals surface area (Å²) >= 11 is 12.5. The number of carboxylic acid groups (broad SMARTS) is 1. The first kappa shape index (κ1) is 20.1. The molecule has 0 fully saturated rings. The lowest BCUT2D eigenvalue weighted by Crippen LogP contribution is -2.00. The van der Waals surface area contributed by atoms with E-state index < -0.39 is 11.8 Å². The van der Waals surface area contributed by atoms with Gasteiger partial charge in [0, 0.05) is 24.2 Å². The third-order valence-corrected chi connectivity index (χ3v) is 4.94. The third kappa shape index (κ3) is 3.81. The number of carbonyl (C=O) groups is 1. The lowest BCUT2D eigenvalue weighted by Gasteiger charge is -2.05. The fraction of sp³-hybridized carbons (Fsp3) is 0.158. The molecule has 8 nitrogen and oxygen atoms in total. The van der Waals surface area contributed by atoms with E-state index in [-0.39, 0.29) is 40.7 Å². The van der Waals surface area contributed by atoms with E-state index in [9.17, 15) is 9.18 Å². The second kappa shape index (κ2) is 7.92. The number of halogens is 3. The van der Waals surface area contributed by atoms with E-state index in [1.54, 1.807) is 22.9 Å². The zero-order chi connectivity index (χ0) is 21.4. The van der Waals surface area contributed by atoms with Crippen molar-refractivity contribution in [2.45, 2.75) is 12.8 Å². The molecule has 0 unspecified atom stereocenters. The molecule has 154 valence electrons. The first-order valence-corrected chi connectivity index (χ1v) is 9.37. The molecule has 0 aliphatic rings.